The molecule has 0 aliphatic carbocycles. The van der Waals surface area contributed by atoms with Gasteiger partial charge in [0.05, 0.1) is 6.54 Å². The molecular weight excluding hydrogens is 416 g/mol. The van der Waals surface area contributed by atoms with Crippen molar-refractivity contribution in [1.29, 1.82) is 0 Å². The standard InChI is InChI=1S/C26H34N4O3/c1-2-3-14-27-25(32)20-10-8-12-22(17-20)28-19-24(31)29-23-13-9-11-21(18-23)26(33)30-15-6-4-5-7-16-30/h8-13,17-18,28H,2-7,14-16,19H2,1H3,(H,27,32)(H,29,31). The Kier molecular flexibility index (Phi) is 9.30. The van der Waals surface area contributed by atoms with Gasteiger partial charge in [-0.15, -0.1) is 0 Å². The fourth-order valence-electron chi connectivity index (χ4n) is 3.83. The highest BCUT2D eigenvalue weighted by molar-refractivity contribution is 5.98. The van der Waals surface area contributed by atoms with Gasteiger partial charge in [0.1, 0.15) is 0 Å². The minimum atomic E-state index is -0.229. The molecule has 3 amide bonds. The first-order chi connectivity index (χ1) is 16.1. The van der Waals surface area contributed by atoms with Crippen molar-refractivity contribution in [2.24, 2.45) is 0 Å². The van der Waals surface area contributed by atoms with Crippen LogP contribution in [0.3, 0.4) is 0 Å². The number of likely N-dealkylation sites (tertiary alicyclic amines) is 1. The van der Waals surface area contributed by atoms with E-state index in [1.54, 1.807) is 42.5 Å². The molecular formula is C26H34N4O3. The van der Waals surface area contributed by atoms with Gasteiger partial charge in [-0.05, 0) is 55.7 Å². The number of carbonyl (C=O) groups is 3. The Labute approximate surface area is 195 Å². The lowest BCUT2D eigenvalue weighted by atomic mass is 10.1. The van der Waals surface area contributed by atoms with Gasteiger partial charge in [0, 0.05) is 42.1 Å². The number of benzene rings is 2. The van der Waals surface area contributed by atoms with Crippen molar-refractivity contribution in [3.63, 3.8) is 0 Å². The second-order valence-corrected chi connectivity index (χ2v) is 8.38. The van der Waals surface area contributed by atoms with Crippen LogP contribution >= 0.6 is 0 Å². The van der Waals surface area contributed by atoms with Gasteiger partial charge < -0.3 is 20.9 Å². The molecule has 0 spiro atoms. The van der Waals surface area contributed by atoms with Crippen molar-refractivity contribution in [2.45, 2.75) is 45.4 Å². The molecule has 2 aromatic rings. The fraction of sp³-hybridized carbons (Fsp3) is 0.423. The third kappa shape index (κ3) is 7.63. The topological polar surface area (TPSA) is 90.5 Å². The van der Waals surface area contributed by atoms with Crippen LogP contribution in [0, 0.1) is 0 Å². The van der Waals surface area contributed by atoms with Crippen LogP contribution in [-0.2, 0) is 4.79 Å². The predicted molar refractivity (Wildman–Crippen MR) is 132 cm³/mol. The average molecular weight is 451 g/mol. The van der Waals surface area contributed by atoms with E-state index in [0.29, 0.717) is 29.0 Å². The SMILES string of the molecule is CCCCNC(=O)c1cccc(NCC(=O)Nc2cccc(C(=O)N3CCCCCC3)c2)c1. The van der Waals surface area contributed by atoms with E-state index in [1.165, 1.54) is 12.8 Å². The van der Waals surface area contributed by atoms with Gasteiger partial charge in [0.25, 0.3) is 11.8 Å². The van der Waals surface area contributed by atoms with Gasteiger partial charge in [-0.2, -0.15) is 0 Å². The minimum absolute atomic E-state index is 0.0140. The Morgan fingerprint density at radius 3 is 2.27 bits per heavy atom. The van der Waals surface area contributed by atoms with E-state index in [9.17, 15) is 14.4 Å². The molecule has 1 heterocycles. The normalized spacial score (nSPS) is 13.7. The van der Waals surface area contributed by atoms with Gasteiger partial charge >= 0.3 is 0 Å². The van der Waals surface area contributed by atoms with E-state index in [-0.39, 0.29) is 24.3 Å². The van der Waals surface area contributed by atoms with Crippen LogP contribution < -0.4 is 16.0 Å². The molecule has 0 bridgehead atoms. The summed E-state index contributed by atoms with van der Waals surface area (Å²) >= 11 is 0. The van der Waals surface area contributed by atoms with E-state index in [1.807, 2.05) is 11.0 Å². The van der Waals surface area contributed by atoms with E-state index in [4.69, 9.17) is 0 Å². The Morgan fingerprint density at radius 2 is 1.55 bits per heavy atom. The summed E-state index contributed by atoms with van der Waals surface area (Å²) < 4.78 is 0. The van der Waals surface area contributed by atoms with Crippen LogP contribution in [0.1, 0.15) is 66.2 Å². The highest BCUT2D eigenvalue weighted by Gasteiger charge is 2.17. The zero-order valence-electron chi connectivity index (χ0n) is 19.4. The number of carbonyl (C=O) groups excluding carboxylic acids is 3. The van der Waals surface area contributed by atoms with Crippen molar-refractivity contribution in [3.8, 4) is 0 Å². The lowest BCUT2D eigenvalue weighted by Crippen LogP contribution is -2.31. The van der Waals surface area contributed by atoms with Crippen LogP contribution in [0.25, 0.3) is 0 Å². The molecule has 0 unspecified atom stereocenters. The maximum Gasteiger partial charge on any atom is 0.253 e. The summed E-state index contributed by atoms with van der Waals surface area (Å²) in [6.07, 6.45) is 6.37. The van der Waals surface area contributed by atoms with E-state index >= 15 is 0 Å². The van der Waals surface area contributed by atoms with E-state index in [2.05, 4.69) is 22.9 Å². The molecule has 0 aromatic heterocycles. The molecule has 0 saturated carbocycles. The number of hydrogen-bond acceptors (Lipinski definition) is 4. The lowest BCUT2D eigenvalue weighted by Gasteiger charge is -2.20. The summed E-state index contributed by atoms with van der Waals surface area (Å²) in [5, 5.41) is 8.79. The largest absolute Gasteiger partial charge is 0.376 e. The summed E-state index contributed by atoms with van der Waals surface area (Å²) in [4.78, 5) is 39.4. The summed E-state index contributed by atoms with van der Waals surface area (Å²) in [5.74, 6) is -0.338. The van der Waals surface area contributed by atoms with E-state index < -0.39 is 0 Å². The number of hydrogen-bond donors (Lipinski definition) is 3. The average Bonchev–Trinajstić information content (AvgIpc) is 3.12. The predicted octanol–water partition coefficient (Wildman–Crippen LogP) is 4.28. The number of nitrogens with zero attached hydrogens (tertiary/aromatic N) is 1. The van der Waals surface area contributed by atoms with Crippen LogP contribution in [0.4, 0.5) is 11.4 Å². The molecule has 7 nitrogen and oxygen atoms in total. The quantitative estimate of drug-likeness (QED) is 0.497. The molecule has 176 valence electrons. The number of unbranched alkanes of at least 4 members (excludes halogenated alkanes) is 1. The summed E-state index contributed by atoms with van der Waals surface area (Å²) in [5.41, 5.74) is 2.42. The van der Waals surface area contributed by atoms with Gasteiger partial charge in [-0.3, -0.25) is 14.4 Å². The first kappa shape index (κ1) is 24.3. The molecule has 3 N–H and O–H groups in total. The van der Waals surface area contributed by atoms with Gasteiger partial charge in [0.15, 0.2) is 0 Å². The van der Waals surface area contributed by atoms with Crippen molar-refractivity contribution < 1.29 is 14.4 Å². The van der Waals surface area contributed by atoms with Crippen molar-refractivity contribution in [1.82, 2.24) is 10.2 Å². The van der Waals surface area contributed by atoms with Crippen LogP contribution in [-0.4, -0.2) is 48.8 Å². The fourth-order valence-corrected chi connectivity index (χ4v) is 3.83. The Hall–Kier alpha value is -3.35. The molecule has 7 heteroatoms. The highest BCUT2D eigenvalue weighted by atomic mass is 16.2. The summed E-state index contributed by atoms with van der Waals surface area (Å²) in [7, 11) is 0. The number of rotatable bonds is 9. The maximum atomic E-state index is 12.8. The Bertz CT molecular complexity index is 952. The zero-order valence-corrected chi connectivity index (χ0v) is 19.4. The zero-order chi connectivity index (χ0) is 23.5. The molecule has 1 saturated heterocycles. The molecule has 33 heavy (non-hydrogen) atoms. The van der Waals surface area contributed by atoms with Crippen LogP contribution in [0.15, 0.2) is 48.5 Å². The van der Waals surface area contributed by atoms with Crippen molar-refractivity contribution in [3.05, 3.63) is 59.7 Å². The molecule has 1 fully saturated rings. The van der Waals surface area contributed by atoms with Crippen molar-refractivity contribution in [2.75, 3.05) is 36.8 Å². The van der Waals surface area contributed by atoms with Gasteiger partial charge in [-0.25, -0.2) is 0 Å². The number of nitrogens with one attached hydrogen (secondary N) is 3. The third-order valence-electron chi connectivity index (χ3n) is 5.68. The second-order valence-electron chi connectivity index (χ2n) is 8.38. The first-order valence-corrected chi connectivity index (χ1v) is 11.9. The smallest absolute Gasteiger partial charge is 0.253 e. The monoisotopic (exact) mass is 450 g/mol. The van der Waals surface area contributed by atoms with Crippen LogP contribution in [0.2, 0.25) is 0 Å². The highest BCUT2D eigenvalue weighted by Crippen LogP contribution is 2.17. The Morgan fingerprint density at radius 1 is 0.879 bits per heavy atom. The molecule has 1 aliphatic heterocycles. The first-order valence-electron chi connectivity index (χ1n) is 11.9. The molecule has 1 aliphatic rings. The number of amides is 3. The lowest BCUT2D eigenvalue weighted by molar-refractivity contribution is -0.114. The maximum absolute atomic E-state index is 12.8. The molecule has 0 radical (unpaired) electrons. The van der Waals surface area contributed by atoms with Crippen molar-refractivity contribution >= 4 is 29.1 Å². The third-order valence-corrected chi connectivity index (χ3v) is 5.68. The van der Waals surface area contributed by atoms with Crippen LogP contribution in [0.5, 0.6) is 0 Å². The Balaban J connectivity index is 1.53. The second kappa shape index (κ2) is 12.6. The number of anilines is 2. The van der Waals surface area contributed by atoms with Gasteiger partial charge in [0.2, 0.25) is 5.91 Å². The summed E-state index contributed by atoms with van der Waals surface area (Å²) in [6, 6.07) is 14.2. The van der Waals surface area contributed by atoms with E-state index in [0.717, 1.165) is 38.8 Å². The minimum Gasteiger partial charge on any atom is -0.376 e. The molecule has 3 rings (SSSR count). The molecule has 0 atom stereocenters. The summed E-state index contributed by atoms with van der Waals surface area (Å²) in [6.45, 7) is 4.34. The molecule has 2 aromatic carbocycles. The van der Waals surface area contributed by atoms with Gasteiger partial charge in [-0.1, -0.05) is 38.3 Å².